The number of hydrogen-bond acceptors (Lipinski definition) is 11. The van der Waals surface area contributed by atoms with E-state index in [2.05, 4.69) is 10.6 Å². The van der Waals surface area contributed by atoms with Gasteiger partial charge in [0.15, 0.2) is 0 Å². The minimum absolute atomic E-state index is 0.0703. The van der Waals surface area contributed by atoms with Crippen LogP contribution >= 0.6 is 0 Å². The van der Waals surface area contributed by atoms with Gasteiger partial charge < -0.3 is 45.5 Å². The number of nitrogens with one attached hydrogen (secondary N) is 2. The zero-order valence-corrected chi connectivity index (χ0v) is 28.5. The van der Waals surface area contributed by atoms with Crippen LogP contribution in [0, 0.1) is 5.92 Å². The first kappa shape index (κ1) is 37.9. The molecule has 15 nitrogen and oxygen atoms in total. The first-order chi connectivity index (χ1) is 23.2. The molecule has 3 aliphatic heterocycles. The molecule has 1 aromatic carbocycles. The molecule has 5 N–H and O–H groups in total. The van der Waals surface area contributed by atoms with Gasteiger partial charge >= 0.3 is 5.97 Å². The molecule has 0 aromatic heterocycles. The van der Waals surface area contributed by atoms with Gasteiger partial charge in [0.2, 0.25) is 23.5 Å². The Morgan fingerprint density at radius 2 is 1.78 bits per heavy atom. The van der Waals surface area contributed by atoms with Crippen molar-refractivity contribution in [2.45, 2.75) is 94.4 Å². The highest BCUT2D eigenvalue weighted by Gasteiger charge is 2.52. The number of carbonyl (C=O) groups excluding carboxylic acids is 6. The summed E-state index contributed by atoms with van der Waals surface area (Å²) in [6.45, 7) is 0.722. The molecule has 0 saturated carbocycles. The van der Waals surface area contributed by atoms with Crippen molar-refractivity contribution in [1.29, 1.82) is 0 Å². The topological polar surface area (TPSA) is 207 Å². The van der Waals surface area contributed by atoms with Crippen molar-refractivity contribution in [3.05, 3.63) is 35.9 Å². The fraction of sp³-hybridized carbons (Fsp3) is 0.647. The van der Waals surface area contributed by atoms with E-state index in [1.165, 1.54) is 14.2 Å². The molecule has 2 bridgehead atoms. The maximum Gasteiger partial charge on any atom is 0.325 e. The second-order valence-corrected chi connectivity index (χ2v) is 13.4. The summed E-state index contributed by atoms with van der Waals surface area (Å²) in [6.07, 6.45) is 1.41. The highest BCUT2D eigenvalue weighted by atomic mass is 16.7. The van der Waals surface area contributed by atoms with E-state index >= 15 is 0 Å². The van der Waals surface area contributed by atoms with Crippen LogP contribution in [0.15, 0.2) is 30.3 Å². The number of esters is 1. The SMILES string of the molecule is CO[C@@H]1COC(=O)CN(C)C(=O)CNC(=O)[C@@H](CCc2ccccc2)NC(=O)[C@@H]2CCCCN2C(=O)C(=O)[C@@]2(O)C[C@H](C)CC[C@@](N)(C1)O2. The number of methoxy groups -OCH3 is 1. The number of aliphatic hydroxyl groups is 1. The molecule has 270 valence electrons. The van der Waals surface area contributed by atoms with Gasteiger partial charge in [0, 0.05) is 33.5 Å². The summed E-state index contributed by atoms with van der Waals surface area (Å²) >= 11 is 0. The summed E-state index contributed by atoms with van der Waals surface area (Å²) in [5, 5.41) is 17.0. The Morgan fingerprint density at radius 1 is 1.04 bits per heavy atom. The molecular formula is C34H49N5O10. The number of fused-ring (bicyclic) bond motifs is 3. The highest BCUT2D eigenvalue weighted by Crippen LogP contribution is 2.37. The molecule has 3 aliphatic rings. The average Bonchev–Trinajstić information content (AvgIpc) is 3.20. The third-order valence-electron chi connectivity index (χ3n) is 9.41. The standard InChI is InChI=1S/C34H49N5O10/c1-22-14-15-33(35)18-24(47-3)21-48-28(41)20-38(2)27(40)19-36-30(43)25(13-12-23-9-5-4-6-10-23)37-31(44)26-11-7-8-16-39(26)32(45)29(42)34(46,17-22)49-33/h4-6,9-10,22,24-26,46H,7-8,11-21,35H2,1-3H3,(H,36,43)(H,37,44)/t22-,24+,25-,26+,33+,34-/m1/s1. The minimum atomic E-state index is -2.60. The lowest BCUT2D eigenvalue weighted by molar-refractivity contribution is -0.258. The third kappa shape index (κ3) is 10.1. The monoisotopic (exact) mass is 687 g/mol. The van der Waals surface area contributed by atoms with E-state index in [0.717, 1.165) is 15.4 Å². The number of rotatable bonds is 4. The van der Waals surface area contributed by atoms with Crippen LogP contribution in [0.2, 0.25) is 0 Å². The summed E-state index contributed by atoms with van der Waals surface area (Å²) in [4.78, 5) is 82.7. The number of aryl methyl sites for hydroxylation is 1. The van der Waals surface area contributed by atoms with E-state index in [-0.39, 0.29) is 51.2 Å². The van der Waals surface area contributed by atoms with Gasteiger partial charge in [-0.1, -0.05) is 37.3 Å². The molecule has 3 fully saturated rings. The second kappa shape index (κ2) is 16.7. The van der Waals surface area contributed by atoms with Crippen molar-refractivity contribution >= 4 is 35.4 Å². The minimum Gasteiger partial charge on any atom is -0.462 e. The number of carbonyl (C=O) groups is 6. The lowest BCUT2D eigenvalue weighted by atomic mass is 9.92. The van der Waals surface area contributed by atoms with E-state index in [1.807, 2.05) is 30.3 Å². The summed E-state index contributed by atoms with van der Waals surface area (Å²) in [5.74, 6) is -7.83. The van der Waals surface area contributed by atoms with Crippen LogP contribution in [0.4, 0.5) is 0 Å². The Labute approximate surface area is 286 Å². The molecule has 0 spiro atoms. The van der Waals surface area contributed by atoms with Gasteiger partial charge in [-0.2, -0.15) is 0 Å². The van der Waals surface area contributed by atoms with E-state index in [1.54, 1.807) is 6.92 Å². The van der Waals surface area contributed by atoms with Crippen LogP contribution in [-0.2, 0) is 49.4 Å². The summed E-state index contributed by atoms with van der Waals surface area (Å²) in [6, 6.07) is 7.11. The predicted octanol–water partition coefficient (Wildman–Crippen LogP) is -0.229. The van der Waals surface area contributed by atoms with Crippen molar-refractivity contribution < 1.29 is 48.1 Å². The molecule has 4 amide bonds. The first-order valence-corrected chi connectivity index (χ1v) is 16.8. The van der Waals surface area contributed by atoms with Gasteiger partial charge in [0.1, 0.15) is 31.0 Å². The maximum atomic E-state index is 13.9. The lowest BCUT2D eigenvalue weighted by Crippen LogP contribution is -2.62. The van der Waals surface area contributed by atoms with Crippen LogP contribution in [0.3, 0.4) is 0 Å². The number of ether oxygens (including phenoxy) is 3. The van der Waals surface area contributed by atoms with Crippen molar-refractivity contribution in [2.24, 2.45) is 11.7 Å². The number of cyclic esters (lactones) is 1. The third-order valence-corrected chi connectivity index (χ3v) is 9.41. The first-order valence-electron chi connectivity index (χ1n) is 16.8. The number of likely N-dealkylation sites (N-methyl/N-ethyl adjacent to an activating group) is 1. The van der Waals surface area contributed by atoms with E-state index < -0.39 is 78.2 Å². The zero-order valence-electron chi connectivity index (χ0n) is 28.5. The van der Waals surface area contributed by atoms with Crippen molar-refractivity contribution in [3.8, 4) is 0 Å². The maximum absolute atomic E-state index is 13.9. The number of piperidine rings is 1. The van der Waals surface area contributed by atoms with Crippen molar-refractivity contribution in [3.63, 3.8) is 0 Å². The average molecular weight is 688 g/mol. The number of hydrogen-bond donors (Lipinski definition) is 4. The predicted molar refractivity (Wildman–Crippen MR) is 174 cm³/mol. The molecular weight excluding hydrogens is 638 g/mol. The normalized spacial score (nSPS) is 31.9. The number of Topliss-reactive ketones (excluding diaryl/α,β-unsaturated/α-hetero) is 1. The van der Waals surface area contributed by atoms with Crippen molar-refractivity contribution in [1.82, 2.24) is 20.4 Å². The fourth-order valence-electron chi connectivity index (χ4n) is 6.54. The molecule has 1 aromatic rings. The van der Waals surface area contributed by atoms with Gasteiger partial charge in [-0.25, -0.2) is 0 Å². The molecule has 49 heavy (non-hydrogen) atoms. The molecule has 0 radical (unpaired) electrons. The number of benzene rings is 1. The Bertz CT molecular complexity index is 1380. The summed E-state index contributed by atoms with van der Waals surface area (Å²) in [5.41, 5.74) is 5.89. The van der Waals surface area contributed by atoms with E-state index in [0.29, 0.717) is 25.7 Å². The van der Waals surface area contributed by atoms with Gasteiger partial charge in [-0.3, -0.25) is 28.8 Å². The Morgan fingerprint density at radius 3 is 2.49 bits per heavy atom. The number of amides is 4. The Hall–Kier alpha value is -3.92. The number of nitrogens with zero attached hydrogens (tertiary/aromatic N) is 2. The Kier molecular flexibility index (Phi) is 12.9. The lowest BCUT2D eigenvalue weighted by Gasteiger charge is -2.39. The van der Waals surface area contributed by atoms with Crippen molar-refractivity contribution in [2.75, 3.05) is 40.4 Å². The van der Waals surface area contributed by atoms with Crippen LogP contribution in [-0.4, -0.2) is 120 Å². The number of nitrogens with two attached hydrogens (primary N) is 1. The fourth-order valence-corrected chi connectivity index (χ4v) is 6.54. The van der Waals surface area contributed by atoms with Crippen LogP contribution in [0.1, 0.15) is 63.9 Å². The van der Waals surface area contributed by atoms with Crippen LogP contribution in [0.5, 0.6) is 0 Å². The van der Waals surface area contributed by atoms with E-state index in [9.17, 15) is 33.9 Å². The van der Waals surface area contributed by atoms with E-state index in [4.69, 9.17) is 19.9 Å². The molecule has 4 rings (SSSR count). The summed E-state index contributed by atoms with van der Waals surface area (Å²) < 4.78 is 16.8. The highest BCUT2D eigenvalue weighted by molar-refractivity contribution is 6.39. The summed E-state index contributed by atoms with van der Waals surface area (Å²) in [7, 11) is 2.76. The number of ketones is 1. The molecule has 6 atom stereocenters. The second-order valence-electron chi connectivity index (χ2n) is 13.4. The largest absolute Gasteiger partial charge is 0.462 e. The quantitative estimate of drug-likeness (QED) is 0.240. The molecule has 3 saturated heterocycles. The van der Waals surface area contributed by atoms with Crippen LogP contribution in [0.25, 0.3) is 0 Å². The molecule has 15 heteroatoms. The van der Waals surface area contributed by atoms with Gasteiger partial charge in [0.05, 0.1) is 12.6 Å². The van der Waals surface area contributed by atoms with Gasteiger partial charge in [0.25, 0.3) is 11.7 Å². The molecule has 3 heterocycles. The smallest absolute Gasteiger partial charge is 0.325 e. The van der Waals surface area contributed by atoms with Gasteiger partial charge in [-0.15, -0.1) is 0 Å². The Balaban J connectivity index is 1.66. The molecule has 0 aliphatic carbocycles. The van der Waals surface area contributed by atoms with Crippen LogP contribution < -0.4 is 16.4 Å². The van der Waals surface area contributed by atoms with Gasteiger partial charge in [-0.05, 0) is 56.4 Å². The molecule has 0 unspecified atom stereocenters. The zero-order chi connectivity index (χ0) is 35.8.